The van der Waals surface area contributed by atoms with E-state index in [1.807, 2.05) is 0 Å². The van der Waals surface area contributed by atoms with Crippen LogP contribution in [0.4, 0.5) is 22.7 Å². The standard InChI is InChI=1S/C21H20N4O13S4/c22-16-11-17(23-21(26)15-3-1-2-4-19(15)40(29,30)31)18(12-20(16)41(32,33)34)25-24-13-5-7-14(8-6-13)39(27,28)10-9-38-42(35,36)37/h1-8,11-12H,9-10,22H2,(H,23,26)(H,29,30,31)(H,32,33,34)(H,35,36,37). The third-order valence-corrected chi connectivity index (χ3v) is 9.10. The molecule has 0 saturated heterocycles. The first-order valence-corrected chi connectivity index (χ1v) is 16.8. The largest absolute Gasteiger partial charge is 0.398 e. The maximum Gasteiger partial charge on any atom is 0.397 e. The monoisotopic (exact) mass is 664 g/mol. The minimum Gasteiger partial charge on any atom is -0.398 e. The number of amides is 1. The van der Waals surface area contributed by atoms with E-state index in [1.165, 1.54) is 24.3 Å². The first kappa shape index (κ1) is 32.7. The zero-order valence-electron chi connectivity index (χ0n) is 20.7. The summed E-state index contributed by atoms with van der Waals surface area (Å²) in [6.07, 6.45) is 0. The Morgan fingerprint density at radius 3 is 1.98 bits per heavy atom. The molecule has 0 aliphatic heterocycles. The van der Waals surface area contributed by atoms with Gasteiger partial charge in [-0.3, -0.25) is 18.5 Å². The van der Waals surface area contributed by atoms with Crippen LogP contribution in [-0.4, -0.2) is 65.6 Å². The van der Waals surface area contributed by atoms with Crippen molar-refractivity contribution in [3.05, 3.63) is 66.2 Å². The van der Waals surface area contributed by atoms with E-state index >= 15 is 0 Å². The summed E-state index contributed by atoms with van der Waals surface area (Å²) in [5, 5.41) is 9.94. The van der Waals surface area contributed by atoms with Gasteiger partial charge in [0.15, 0.2) is 9.84 Å². The fourth-order valence-electron chi connectivity index (χ4n) is 3.26. The number of benzene rings is 3. The molecule has 0 spiro atoms. The minimum atomic E-state index is -4.88. The zero-order valence-corrected chi connectivity index (χ0v) is 24.0. The molecule has 0 aliphatic rings. The molecule has 21 heteroatoms. The van der Waals surface area contributed by atoms with Crippen molar-refractivity contribution in [2.45, 2.75) is 14.7 Å². The van der Waals surface area contributed by atoms with E-state index in [0.29, 0.717) is 0 Å². The van der Waals surface area contributed by atoms with Crippen molar-refractivity contribution in [2.75, 3.05) is 23.4 Å². The lowest BCUT2D eigenvalue weighted by molar-refractivity contribution is 0.102. The molecule has 3 aromatic carbocycles. The van der Waals surface area contributed by atoms with E-state index in [0.717, 1.165) is 36.4 Å². The molecule has 0 aromatic heterocycles. The Labute approximate surface area is 239 Å². The average Bonchev–Trinajstić information content (AvgIpc) is 2.86. The summed E-state index contributed by atoms with van der Waals surface area (Å²) in [5.41, 5.74) is 4.00. The molecule has 0 atom stereocenters. The maximum absolute atomic E-state index is 12.9. The Morgan fingerprint density at radius 2 is 1.40 bits per heavy atom. The second-order valence-electron chi connectivity index (χ2n) is 8.07. The number of carbonyl (C=O) groups excluding carboxylic acids is 1. The molecule has 0 aliphatic carbocycles. The van der Waals surface area contributed by atoms with E-state index < -0.39 is 85.5 Å². The number of nitrogens with one attached hydrogen (secondary N) is 1. The molecule has 3 rings (SSSR count). The number of sulfone groups is 1. The van der Waals surface area contributed by atoms with Crippen molar-refractivity contribution in [2.24, 2.45) is 10.2 Å². The highest BCUT2D eigenvalue weighted by atomic mass is 32.3. The third kappa shape index (κ3) is 8.59. The van der Waals surface area contributed by atoms with Gasteiger partial charge in [-0.1, -0.05) is 12.1 Å². The molecule has 0 unspecified atom stereocenters. The number of azo groups is 1. The second kappa shape index (κ2) is 12.2. The zero-order chi connectivity index (χ0) is 31.5. The van der Waals surface area contributed by atoms with Gasteiger partial charge in [0.25, 0.3) is 26.1 Å². The van der Waals surface area contributed by atoms with Crippen LogP contribution in [0.25, 0.3) is 0 Å². The summed E-state index contributed by atoms with van der Waals surface area (Å²) < 4.78 is 124. The number of nitrogens with zero attached hydrogens (tertiary/aromatic N) is 2. The van der Waals surface area contributed by atoms with Crippen molar-refractivity contribution in [1.82, 2.24) is 0 Å². The third-order valence-electron chi connectivity index (χ3n) is 5.12. The minimum absolute atomic E-state index is 0.00219. The predicted octanol–water partition coefficient (Wildman–Crippen LogP) is 2.02. The number of anilines is 2. The molecule has 1 amide bonds. The molecule has 42 heavy (non-hydrogen) atoms. The van der Waals surface area contributed by atoms with Crippen LogP contribution in [0.5, 0.6) is 0 Å². The van der Waals surface area contributed by atoms with Crippen molar-refractivity contribution < 1.29 is 56.3 Å². The van der Waals surface area contributed by atoms with Crippen LogP contribution in [0.1, 0.15) is 10.4 Å². The number of carbonyl (C=O) groups is 1. The van der Waals surface area contributed by atoms with E-state index in [4.69, 9.17) is 10.3 Å². The van der Waals surface area contributed by atoms with Crippen LogP contribution in [-0.2, 0) is 44.7 Å². The molecular weight excluding hydrogens is 645 g/mol. The number of nitrogens with two attached hydrogens (primary N) is 1. The Balaban J connectivity index is 1.96. The van der Waals surface area contributed by atoms with Gasteiger partial charge in [-0.05, 0) is 48.5 Å². The van der Waals surface area contributed by atoms with E-state index in [-0.39, 0.29) is 16.3 Å². The predicted molar refractivity (Wildman–Crippen MR) is 145 cm³/mol. The van der Waals surface area contributed by atoms with Crippen molar-refractivity contribution >= 4 is 69.1 Å². The summed E-state index contributed by atoms with van der Waals surface area (Å²) in [5.74, 6) is -1.87. The number of hydrogen-bond donors (Lipinski definition) is 5. The smallest absolute Gasteiger partial charge is 0.397 e. The summed E-state index contributed by atoms with van der Waals surface area (Å²) in [6.45, 7) is -0.848. The number of nitrogen functional groups attached to an aromatic ring is 1. The lowest BCUT2D eigenvalue weighted by Crippen LogP contribution is -2.16. The molecule has 17 nitrogen and oxygen atoms in total. The van der Waals surface area contributed by atoms with Crippen LogP contribution in [0, 0.1) is 0 Å². The molecule has 3 aromatic rings. The summed E-state index contributed by atoms with van der Waals surface area (Å²) in [7, 11) is -18.6. The van der Waals surface area contributed by atoms with E-state index in [2.05, 4.69) is 19.7 Å². The maximum atomic E-state index is 12.9. The lowest BCUT2D eigenvalue weighted by atomic mass is 10.2. The molecular formula is C21H20N4O13S4. The van der Waals surface area contributed by atoms with Gasteiger partial charge in [0.1, 0.15) is 15.5 Å². The highest BCUT2D eigenvalue weighted by molar-refractivity contribution is 7.91. The fraction of sp³-hybridized carbons (Fsp3) is 0.0952. The topological polar surface area (TPSA) is 286 Å². The Kier molecular flexibility index (Phi) is 9.48. The van der Waals surface area contributed by atoms with E-state index in [9.17, 15) is 47.6 Å². The van der Waals surface area contributed by atoms with Crippen LogP contribution in [0.15, 0.2) is 85.6 Å². The Hall–Kier alpha value is -3.83. The first-order chi connectivity index (χ1) is 19.3. The Bertz CT molecular complexity index is 1990. The van der Waals surface area contributed by atoms with Gasteiger partial charge in [0.05, 0.1) is 39.9 Å². The van der Waals surface area contributed by atoms with Crippen LogP contribution in [0.3, 0.4) is 0 Å². The molecule has 0 radical (unpaired) electrons. The van der Waals surface area contributed by atoms with E-state index in [1.54, 1.807) is 0 Å². The summed E-state index contributed by atoms with van der Waals surface area (Å²) in [4.78, 5) is 11.1. The highest BCUT2D eigenvalue weighted by Crippen LogP contribution is 2.35. The number of hydrogen-bond acceptors (Lipinski definition) is 13. The molecule has 0 saturated carbocycles. The molecule has 0 bridgehead atoms. The normalized spacial score (nSPS) is 12.8. The van der Waals surface area contributed by atoms with Crippen LogP contribution in [0.2, 0.25) is 0 Å². The first-order valence-electron chi connectivity index (χ1n) is 10.9. The highest BCUT2D eigenvalue weighted by Gasteiger charge is 2.23. The summed E-state index contributed by atoms with van der Waals surface area (Å²) >= 11 is 0. The SMILES string of the molecule is Nc1cc(NC(=O)c2ccccc2S(=O)(=O)O)c(N=Nc2ccc(S(=O)(=O)CCOS(=O)(=O)O)cc2)cc1S(=O)(=O)O. The quantitative estimate of drug-likeness (QED) is 0.111. The average molecular weight is 665 g/mol. The van der Waals surface area contributed by atoms with Gasteiger partial charge in [0.2, 0.25) is 0 Å². The molecule has 6 N–H and O–H groups in total. The van der Waals surface area contributed by atoms with Gasteiger partial charge in [-0.15, -0.1) is 5.11 Å². The molecule has 226 valence electrons. The van der Waals surface area contributed by atoms with Gasteiger partial charge >= 0.3 is 10.4 Å². The second-order valence-corrected chi connectivity index (χ2v) is 14.1. The van der Waals surface area contributed by atoms with Crippen molar-refractivity contribution in [3.8, 4) is 0 Å². The summed E-state index contributed by atoms with van der Waals surface area (Å²) in [6, 6.07) is 10.8. The van der Waals surface area contributed by atoms with Gasteiger partial charge in [-0.25, -0.2) is 12.6 Å². The van der Waals surface area contributed by atoms with Crippen LogP contribution < -0.4 is 11.1 Å². The Morgan fingerprint density at radius 1 is 0.810 bits per heavy atom. The fourth-order valence-corrected chi connectivity index (χ4v) is 6.05. The number of rotatable bonds is 11. The molecule has 0 fully saturated rings. The van der Waals surface area contributed by atoms with Crippen molar-refractivity contribution in [3.63, 3.8) is 0 Å². The van der Waals surface area contributed by atoms with Gasteiger partial charge in [0, 0.05) is 0 Å². The van der Waals surface area contributed by atoms with Crippen LogP contribution >= 0.6 is 0 Å². The van der Waals surface area contributed by atoms with Gasteiger partial charge in [-0.2, -0.15) is 30.4 Å². The lowest BCUT2D eigenvalue weighted by Gasteiger charge is -2.12. The molecule has 0 heterocycles. The van der Waals surface area contributed by atoms with Crippen molar-refractivity contribution in [1.29, 1.82) is 0 Å². The van der Waals surface area contributed by atoms with Gasteiger partial charge < -0.3 is 11.1 Å².